The number of aryl methyl sites for hydroxylation is 1. The van der Waals surface area contributed by atoms with Gasteiger partial charge < -0.3 is 25.1 Å². The molecule has 176 valence electrons. The van der Waals surface area contributed by atoms with Gasteiger partial charge >= 0.3 is 5.63 Å². The van der Waals surface area contributed by atoms with Gasteiger partial charge in [-0.1, -0.05) is 0 Å². The van der Waals surface area contributed by atoms with Crippen LogP contribution in [0.25, 0.3) is 11.0 Å². The lowest BCUT2D eigenvalue weighted by atomic mass is 10.1. The zero-order valence-electron chi connectivity index (χ0n) is 18.6. The number of hydrogen-bond acceptors (Lipinski definition) is 7. The lowest BCUT2D eigenvalue weighted by Crippen LogP contribution is -2.41. The highest BCUT2D eigenvalue weighted by molar-refractivity contribution is 7.98. The predicted octanol–water partition coefficient (Wildman–Crippen LogP) is 2.92. The van der Waals surface area contributed by atoms with Crippen molar-refractivity contribution in [3.8, 4) is 5.75 Å². The molecular formula is C24H23N3O6S. The van der Waals surface area contributed by atoms with Gasteiger partial charge in [-0.15, -0.1) is 0 Å². The van der Waals surface area contributed by atoms with E-state index in [0.29, 0.717) is 29.1 Å². The SMILES string of the molecule is CSCC[C@@H]1NC(=O)c2cc(NC(=O)COc3ccc4c(C)cc(=O)oc4c3)ccc2NC1=O. The van der Waals surface area contributed by atoms with Crippen LogP contribution < -0.4 is 26.3 Å². The first-order chi connectivity index (χ1) is 16.3. The minimum Gasteiger partial charge on any atom is -0.484 e. The number of thioether (sulfide) groups is 1. The summed E-state index contributed by atoms with van der Waals surface area (Å²) in [6, 6.07) is 10.5. The second-order valence-corrected chi connectivity index (χ2v) is 8.79. The minimum atomic E-state index is -0.617. The van der Waals surface area contributed by atoms with E-state index in [1.54, 1.807) is 42.1 Å². The van der Waals surface area contributed by atoms with Crippen molar-refractivity contribution < 1.29 is 23.5 Å². The molecule has 0 saturated heterocycles. The molecule has 0 spiro atoms. The Morgan fingerprint density at radius 1 is 1.15 bits per heavy atom. The van der Waals surface area contributed by atoms with Gasteiger partial charge in [0.1, 0.15) is 17.4 Å². The normalized spacial score (nSPS) is 15.2. The second kappa shape index (κ2) is 10.0. The Balaban J connectivity index is 1.42. The molecule has 0 aliphatic carbocycles. The van der Waals surface area contributed by atoms with Crippen molar-refractivity contribution in [1.29, 1.82) is 0 Å². The maximum absolute atomic E-state index is 12.6. The number of ether oxygens (including phenoxy) is 1. The Bertz CT molecular complexity index is 1340. The van der Waals surface area contributed by atoms with E-state index in [1.807, 2.05) is 13.2 Å². The third-order valence-corrected chi connectivity index (χ3v) is 5.97. The van der Waals surface area contributed by atoms with Crippen molar-refractivity contribution in [3.05, 3.63) is 64.0 Å². The monoisotopic (exact) mass is 481 g/mol. The van der Waals surface area contributed by atoms with Crippen LogP contribution in [-0.2, 0) is 9.59 Å². The van der Waals surface area contributed by atoms with Gasteiger partial charge in [-0.2, -0.15) is 11.8 Å². The largest absolute Gasteiger partial charge is 0.484 e. The molecule has 0 saturated carbocycles. The third kappa shape index (κ3) is 5.23. The fourth-order valence-corrected chi connectivity index (χ4v) is 4.09. The summed E-state index contributed by atoms with van der Waals surface area (Å²) in [6.45, 7) is 1.52. The molecule has 0 fully saturated rings. The Morgan fingerprint density at radius 3 is 2.76 bits per heavy atom. The molecule has 0 unspecified atom stereocenters. The lowest BCUT2D eigenvalue weighted by Gasteiger charge is -2.13. The highest BCUT2D eigenvalue weighted by Gasteiger charge is 2.27. The molecule has 1 aromatic heterocycles. The Labute approximate surface area is 199 Å². The van der Waals surface area contributed by atoms with Crippen LogP contribution in [0.2, 0.25) is 0 Å². The number of carbonyl (C=O) groups is 3. The average Bonchev–Trinajstić information content (AvgIpc) is 2.91. The quantitative estimate of drug-likeness (QED) is 0.443. The summed E-state index contributed by atoms with van der Waals surface area (Å²) in [6.07, 6.45) is 2.45. The summed E-state index contributed by atoms with van der Waals surface area (Å²) in [4.78, 5) is 49.0. The van der Waals surface area contributed by atoms with E-state index in [4.69, 9.17) is 9.15 Å². The summed E-state index contributed by atoms with van der Waals surface area (Å²) in [5, 5.41) is 8.96. The van der Waals surface area contributed by atoms with Crippen molar-refractivity contribution in [1.82, 2.24) is 5.32 Å². The van der Waals surface area contributed by atoms with Crippen LogP contribution >= 0.6 is 11.8 Å². The van der Waals surface area contributed by atoms with Gasteiger partial charge in [0.25, 0.3) is 11.8 Å². The van der Waals surface area contributed by atoms with Crippen LogP contribution in [0.1, 0.15) is 22.3 Å². The van der Waals surface area contributed by atoms with Crippen molar-refractivity contribution in [2.24, 2.45) is 0 Å². The number of amides is 3. The summed E-state index contributed by atoms with van der Waals surface area (Å²) in [5.41, 5.74) is 1.74. The number of rotatable bonds is 7. The van der Waals surface area contributed by atoms with Crippen molar-refractivity contribution in [2.45, 2.75) is 19.4 Å². The second-order valence-electron chi connectivity index (χ2n) is 7.80. The first-order valence-electron chi connectivity index (χ1n) is 10.6. The van der Waals surface area contributed by atoms with Crippen LogP contribution in [0.15, 0.2) is 51.7 Å². The predicted molar refractivity (Wildman–Crippen MR) is 131 cm³/mol. The zero-order chi connectivity index (χ0) is 24.2. The molecule has 2 aromatic carbocycles. The lowest BCUT2D eigenvalue weighted by molar-refractivity contribution is -0.118. The number of benzene rings is 2. The number of anilines is 2. The molecule has 2 heterocycles. The van der Waals surface area contributed by atoms with Crippen molar-refractivity contribution in [2.75, 3.05) is 29.2 Å². The van der Waals surface area contributed by atoms with Crippen LogP contribution in [0.5, 0.6) is 5.75 Å². The molecule has 0 radical (unpaired) electrons. The zero-order valence-corrected chi connectivity index (χ0v) is 19.4. The summed E-state index contributed by atoms with van der Waals surface area (Å²) in [7, 11) is 0. The number of fused-ring (bicyclic) bond motifs is 2. The molecule has 10 heteroatoms. The first-order valence-corrected chi connectivity index (χ1v) is 12.0. The highest BCUT2D eigenvalue weighted by Crippen LogP contribution is 2.25. The molecule has 4 rings (SSSR count). The van der Waals surface area contributed by atoms with Crippen molar-refractivity contribution >= 4 is 51.8 Å². The molecule has 1 aliphatic rings. The summed E-state index contributed by atoms with van der Waals surface area (Å²) < 4.78 is 10.7. The van der Waals surface area contributed by atoms with Gasteiger partial charge in [0.15, 0.2) is 6.61 Å². The molecule has 9 nitrogen and oxygen atoms in total. The van der Waals surface area contributed by atoms with Crippen molar-refractivity contribution in [3.63, 3.8) is 0 Å². The highest BCUT2D eigenvalue weighted by atomic mass is 32.2. The topological polar surface area (TPSA) is 127 Å². The molecule has 0 bridgehead atoms. The fourth-order valence-electron chi connectivity index (χ4n) is 3.62. The van der Waals surface area contributed by atoms with Crippen LogP contribution in [0, 0.1) is 6.92 Å². The van der Waals surface area contributed by atoms with E-state index >= 15 is 0 Å². The molecule has 1 aliphatic heterocycles. The maximum atomic E-state index is 12.6. The number of nitrogens with one attached hydrogen (secondary N) is 3. The molecule has 1 atom stereocenters. The van der Waals surface area contributed by atoms with Gasteiger partial charge in [0, 0.05) is 23.2 Å². The average molecular weight is 482 g/mol. The Morgan fingerprint density at radius 2 is 1.97 bits per heavy atom. The molecule has 34 heavy (non-hydrogen) atoms. The van der Waals surface area contributed by atoms with E-state index in [0.717, 1.165) is 16.7 Å². The Hall–Kier alpha value is -3.79. The van der Waals surface area contributed by atoms with E-state index < -0.39 is 17.6 Å². The van der Waals surface area contributed by atoms with Gasteiger partial charge in [-0.25, -0.2) is 4.79 Å². The van der Waals surface area contributed by atoms with Gasteiger partial charge in [0.05, 0.1) is 11.3 Å². The summed E-state index contributed by atoms with van der Waals surface area (Å²) in [5.74, 6) is 0.00441. The van der Waals surface area contributed by atoms with E-state index in [-0.39, 0.29) is 24.0 Å². The summed E-state index contributed by atoms with van der Waals surface area (Å²) >= 11 is 1.59. The third-order valence-electron chi connectivity index (χ3n) is 5.33. The Kier molecular flexibility index (Phi) is 6.87. The minimum absolute atomic E-state index is 0.263. The van der Waals surface area contributed by atoms with Crippen LogP contribution in [0.4, 0.5) is 11.4 Å². The number of hydrogen-bond donors (Lipinski definition) is 3. The maximum Gasteiger partial charge on any atom is 0.336 e. The molecule has 3 aromatic rings. The smallest absolute Gasteiger partial charge is 0.336 e. The standard InChI is InChI=1S/C24H23N3O6S/c1-13-9-22(29)33-20-11-15(4-5-16(13)20)32-12-21(28)25-14-3-6-18-17(10-14)23(30)27-19(7-8-34-2)24(31)26-18/h3-6,9-11,19H,7-8,12H2,1-2H3,(H,25,28)(H,26,31)(H,27,30)/t19-/m0/s1. The van der Waals surface area contributed by atoms with Crippen LogP contribution in [0.3, 0.4) is 0 Å². The molecular weight excluding hydrogens is 458 g/mol. The van der Waals surface area contributed by atoms with E-state index in [2.05, 4.69) is 16.0 Å². The fraction of sp³-hybridized carbons (Fsp3) is 0.250. The molecule has 3 amide bonds. The van der Waals surface area contributed by atoms with Gasteiger partial charge in [-0.3, -0.25) is 14.4 Å². The van der Waals surface area contributed by atoms with Gasteiger partial charge in [0.2, 0.25) is 5.91 Å². The van der Waals surface area contributed by atoms with Gasteiger partial charge in [-0.05, 0) is 61.2 Å². The van der Waals surface area contributed by atoms with Crippen LogP contribution in [-0.4, -0.2) is 42.4 Å². The first kappa shape index (κ1) is 23.4. The number of carbonyl (C=O) groups excluding carboxylic acids is 3. The molecule has 3 N–H and O–H groups in total. The van der Waals surface area contributed by atoms with E-state index in [1.165, 1.54) is 12.1 Å². The van der Waals surface area contributed by atoms with E-state index in [9.17, 15) is 19.2 Å².